The molecule has 1 aliphatic rings. The maximum Gasteiger partial charge on any atom is 0.154 e. The highest BCUT2D eigenvalue weighted by molar-refractivity contribution is 9.10. The molecule has 1 fully saturated rings. The van der Waals surface area contributed by atoms with E-state index in [2.05, 4.69) is 20.9 Å². The lowest BCUT2D eigenvalue weighted by atomic mass is 9.97. The minimum atomic E-state index is -0.875. The molecule has 3 nitrogen and oxygen atoms in total. The van der Waals surface area contributed by atoms with E-state index >= 15 is 0 Å². The Kier molecular flexibility index (Phi) is 1.90. The fourth-order valence-corrected chi connectivity index (χ4v) is 1.78. The maximum atomic E-state index is 9.84. The summed E-state index contributed by atoms with van der Waals surface area (Å²) < 4.78 is 5.77. The highest BCUT2D eigenvalue weighted by atomic mass is 79.9. The zero-order valence-electron chi connectivity index (χ0n) is 6.33. The maximum absolute atomic E-state index is 9.84. The monoisotopic (exact) mass is 229 g/mol. The van der Waals surface area contributed by atoms with Crippen molar-refractivity contribution >= 4 is 15.9 Å². The summed E-state index contributed by atoms with van der Waals surface area (Å²) in [6.07, 6.45) is 1.66. The molecular weight excluding hydrogens is 222 g/mol. The second-order valence-corrected chi connectivity index (χ2v) is 3.71. The summed E-state index contributed by atoms with van der Waals surface area (Å²) in [6, 6.07) is 3.68. The largest absolute Gasteiger partial charge is 0.379 e. The zero-order chi connectivity index (χ0) is 8.60. The minimum Gasteiger partial charge on any atom is -0.379 e. The number of hydrogen-bond donors (Lipinski definition) is 1. The Morgan fingerprint density at radius 2 is 2.33 bits per heavy atom. The summed E-state index contributed by atoms with van der Waals surface area (Å²) in [6.45, 7) is 0.672. The van der Waals surface area contributed by atoms with E-state index in [1.165, 1.54) is 0 Å². The molecule has 1 N–H and O–H groups in total. The predicted molar refractivity (Wildman–Crippen MR) is 46.7 cm³/mol. The van der Waals surface area contributed by atoms with Crippen LogP contribution in [0.1, 0.15) is 5.69 Å². The van der Waals surface area contributed by atoms with Crippen LogP contribution < -0.4 is 0 Å². The van der Waals surface area contributed by atoms with Crippen LogP contribution in [0.25, 0.3) is 0 Å². The van der Waals surface area contributed by atoms with Gasteiger partial charge in [-0.1, -0.05) is 0 Å². The van der Waals surface area contributed by atoms with E-state index in [0.29, 0.717) is 18.9 Å². The molecule has 2 rings (SSSR count). The Balaban J connectivity index is 2.39. The number of pyridine rings is 1. The van der Waals surface area contributed by atoms with Crippen LogP contribution in [0, 0.1) is 0 Å². The van der Waals surface area contributed by atoms with Gasteiger partial charge in [0, 0.05) is 10.7 Å². The molecule has 0 radical (unpaired) electrons. The minimum absolute atomic E-state index is 0.336. The summed E-state index contributed by atoms with van der Waals surface area (Å²) in [5.41, 5.74) is -0.212. The molecule has 0 atom stereocenters. The van der Waals surface area contributed by atoms with Gasteiger partial charge in [-0.05, 0) is 28.1 Å². The van der Waals surface area contributed by atoms with E-state index in [1.807, 2.05) is 12.1 Å². The third kappa shape index (κ3) is 1.16. The lowest BCUT2D eigenvalue weighted by Crippen LogP contribution is -2.47. The number of nitrogens with zero attached hydrogens (tertiary/aromatic N) is 1. The molecular formula is C8H8BrNO2. The van der Waals surface area contributed by atoms with Crippen LogP contribution in [0.2, 0.25) is 0 Å². The second kappa shape index (κ2) is 2.80. The molecule has 0 aliphatic carbocycles. The molecule has 0 aromatic carbocycles. The number of ether oxygens (including phenoxy) is 1. The van der Waals surface area contributed by atoms with Crippen molar-refractivity contribution in [3.63, 3.8) is 0 Å². The van der Waals surface area contributed by atoms with Crippen LogP contribution in [-0.2, 0) is 10.3 Å². The van der Waals surface area contributed by atoms with Gasteiger partial charge in [0.25, 0.3) is 0 Å². The topological polar surface area (TPSA) is 42.4 Å². The number of aromatic nitrogens is 1. The number of halogens is 1. The summed E-state index contributed by atoms with van der Waals surface area (Å²) in [4.78, 5) is 4.10. The summed E-state index contributed by atoms with van der Waals surface area (Å²) in [5, 5.41) is 9.84. The Labute approximate surface area is 78.5 Å². The first kappa shape index (κ1) is 8.16. The molecule has 0 saturated carbocycles. The van der Waals surface area contributed by atoms with Crippen LogP contribution in [0.5, 0.6) is 0 Å². The first-order chi connectivity index (χ1) is 5.72. The lowest BCUT2D eigenvalue weighted by Gasteiger charge is -2.36. The van der Waals surface area contributed by atoms with Gasteiger partial charge in [0.1, 0.15) is 0 Å². The molecule has 4 heteroatoms. The van der Waals surface area contributed by atoms with Crippen molar-refractivity contribution in [2.45, 2.75) is 5.60 Å². The molecule has 0 amide bonds. The lowest BCUT2D eigenvalue weighted by molar-refractivity contribution is -0.187. The SMILES string of the molecule is OC1(c2ncccc2Br)COC1. The Morgan fingerprint density at radius 3 is 2.83 bits per heavy atom. The number of aliphatic hydroxyl groups is 1. The fourth-order valence-electron chi connectivity index (χ4n) is 1.16. The number of hydrogen-bond acceptors (Lipinski definition) is 3. The van der Waals surface area contributed by atoms with Crippen molar-refractivity contribution in [3.05, 3.63) is 28.5 Å². The van der Waals surface area contributed by atoms with Gasteiger partial charge in [0.2, 0.25) is 0 Å². The molecule has 1 aromatic rings. The molecule has 0 bridgehead atoms. The summed E-state index contributed by atoms with van der Waals surface area (Å²) in [7, 11) is 0. The normalized spacial score (nSPS) is 20.2. The van der Waals surface area contributed by atoms with Crippen molar-refractivity contribution < 1.29 is 9.84 Å². The molecule has 12 heavy (non-hydrogen) atoms. The van der Waals surface area contributed by atoms with E-state index in [0.717, 1.165) is 4.47 Å². The van der Waals surface area contributed by atoms with Crippen molar-refractivity contribution in [3.8, 4) is 0 Å². The van der Waals surface area contributed by atoms with Gasteiger partial charge in [-0.2, -0.15) is 0 Å². The van der Waals surface area contributed by atoms with Crippen LogP contribution in [0.3, 0.4) is 0 Å². The third-order valence-electron chi connectivity index (χ3n) is 1.88. The third-order valence-corrected chi connectivity index (χ3v) is 2.52. The van der Waals surface area contributed by atoms with E-state index in [4.69, 9.17) is 4.74 Å². The van der Waals surface area contributed by atoms with Gasteiger partial charge in [-0.3, -0.25) is 4.98 Å². The summed E-state index contributed by atoms with van der Waals surface area (Å²) >= 11 is 3.33. The van der Waals surface area contributed by atoms with E-state index < -0.39 is 5.60 Å². The average molecular weight is 230 g/mol. The molecule has 1 aromatic heterocycles. The van der Waals surface area contributed by atoms with Crippen LogP contribution in [0.4, 0.5) is 0 Å². The van der Waals surface area contributed by atoms with Gasteiger partial charge in [0.15, 0.2) is 5.60 Å². The zero-order valence-corrected chi connectivity index (χ0v) is 7.91. The first-order valence-electron chi connectivity index (χ1n) is 3.63. The molecule has 0 unspecified atom stereocenters. The van der Waals surface area contributed by atoms with Crippen molar-refractivity contribution in [2.24, 2.45) is 0 Å². The van der Waals surface area contributed by atoms with Gasteiger partial charge in [-0.15, -0.1) is 0 Å². The molecule has 1 aliphatic heterocycles. The van der Waals surface area contributed by atoms with Crippen molar-refractivity contribution in [2.75, 3.05) is 13.2 Å². The van der Waals surface area contributed by atoms with Crippen molar-refractivity contribution in [1.29, 1.82) is 0 Å². The fraction of sp³-hybridized carbons (Fsp3) is 0.375. The molecule has 2 heterocycles. The Morgan fingerprint density at radius 1 is 1.58 bits per heavy atom. The highest BCUT2D eigenvalue weighted by Crippen LogP contribution is 2.32. The quantitative estimate of drug-likeness (QED) is 0.784. The molecule has 0 spiro atoms. The standard InChI is InChI=1S/C8H8BrNO2/c9-6-2-1-3-10-7(6)8(11)4-12-5-8/h1-3,11H,4-5H2. The molecule has 64 valence electrons. The predicted octanol–water partition coefficient (Wildman–Crippen LogP) is 1.06. The Hall–Kier alpha value is -0.450. The Bertz CT molecular complexity index is 299. The van der Waals surface area contributed by atoms with Gasteiger partial charge in [-0.25, -0.2) is 0 Å². The summed E-state index contributed by atoms with van der Waals surface area (Å²) in [5.74, 6) is 0. The van der Waals surface area contributed by atoms with E-state index in [1.54, 1.807) is 6.20 Å². The van der Waals surface area contributed by atoms with Gasteiger partial charge in [0.05, 0.1) is 18.9 Å². The highest BCUT2D eigenvalue weighted by Gasteiger charge is 2.40. The van der Waals surface area contributed by atoms with E-state index in [-0.39, 0.29) is 0 Å². The number of rotatable bonds is 1. The first-order valence-corrected chi connectivity index (χ1v) is 4.43. The van der Waals surface area contributed by atoms with Crippen molar-refractivity contribution in [1.82, 2.24) is 4.98 Å². The second-order valence-electron chi connectivity index (χ2n) is 2.86. The van der Waals surface area contributed by atoms with Crippen LogP contribution >= 0.6 is 15.9 Å². The van der Waals surface area contributed by atoms with E-state index in [9.17, 15) is 5.11 Å². The van der Waals surface area contributed by atoms with Crippen LogP contribution in [0.15, 0.2) is 22.8 Å². The van der Waals surface area contributed by atoms with Gasteiger partial charge < -0.3 is 9.84 Å². The average Bonchev–Trinajstić information content (AvgIpc) is 2.01. The smallest absolute Gasteiger partial charge is 0.154 e. The van der Waals surface area contributed by atoms with Gasteiger partial charge >= 0.3 is 0 Å². The molecule has 1 saturated heterocycles. The van der Waals surface area contributed by atoms with Crippen LogP contribution in [-0.4, -0.2) is 23.3 Å².